The largest absolute Gasteiger partial charge is 0.426 e. The third-order valence-electron chi connectivity index (χ3n) is 3.97. The third-order valence-corrected chi connectivity index (χ3v) is 4.76. The number of unbranched alkanes of at least 4 members (excludes halogenated alkanes) is 13. The fourth-order valence-corrected chi connectivity index (χ4v) is 3.13. The number of hydrogen-bond donors (Lipinski definition) is 0. The SMILES string of the molecule is CCCCCCCCCCCCCCCCOOS(=O)(=O)OCC. The van der Waals surface area contributed by atoms with Crippen molar-refractivity contribution in [2.24, 2.45) is 0 Å². The Kier molecular flexibility index (Phi) is 17.5. The molecular weight excluding hydrogens is 328 g/mol. The average molecular weight is 367 g/mol. The first-order valence-electron chi connectivity index (χ1n) is 9.82. The highest BCUT2D eigenvalue weighted by molar-refractivity contribution is 7.81. The summed E-state index contributed by atoms with van der Waals surface area (Å²) in [5, 5.41) is 0. The minimum absolute atomic E-state index is 0.0462. The van der Waals surface area contributed by atoms with Crippen LogP contribution in [0.5, 0.6) is 0 Å². The van der Waals surface area contributed by atoms with E-state index in [0.29, 0.717) is 0 Å². The molecular formula is C18H38O5S. The van der Waals surface area contributed by atoms with E-state index >= 15 is 0 Å². The van der Waals surface area contributed by atoms with Gasteiger partial charge in [-0.25, -0.2) is 9.07 Å². The van der Waals surface area contributed by atoms with Crippen molar-refractivity contribution in [3.8, 4) is 0 Å². The van der Waals surface area contributed by atoms with Gasteiger partial charge in [0.25, 0.3) is 0 Å². The molecule has 0 aromatic carbocycles. The molecule has 0 aliphatic heterocycles. The van der Waals surface area contributed by atoms with E-state index in [1.54, 1.807) is 6.92 Å². The lowest BCUT2D eigenvalue weighted by Gasteiger charge is -2.04. The maximum atomic E-state index is 11.0. The summed E-state index contributed by atoms with van der Waals surface area (Å²) in [4.78, 5) is 4.65. The van der Waals surface area contributed by atoms with Crippen molar-refractivity contribution < 1.29 is 21.8 Å². The molecule has 6 heteroatoms. The van der Waals surface area contributed by atoms with Crippen LogP contribution >= 0.6 is 0 Å². The standard InChI is InChI=1S/C18H38O5S/c1-3-5-6-7-8-9-10-11-12-13-14-15-16-17-18-21-23-24(19,20)22-4-2/h3-18H2,1-2H3. The maximum Gasteiger partial charge on any atom is 0.426 e. The van der Waals surface area contributed by atoms with Crippen molar-refractivity contribution in [3.05, 3.63) is 0 Å². The molecule has 0 unspecified atom stereocenters. The Morgan fingerprint density at radius 1 is 0.625 bits per heavy atom. The van der Waals surface area contributed by atoms with Gasteiger partial charge in [0.05, 0.1) is 13.2 Å². The Balaban J connectivity index is 3.13. The van der Waals surface area contributed by atoms with Crippen LogP contribution in [0.25, 0.3) is 0 Å². The lowest BCUT2D eigenvalue weighted by molar-refractivity contribution is -0.210. The van der Waals surface area contributed by atoms with Crippen molar-refractivity contribution >= 4 is 10.4 Å². The van der Waals surface area contributed by atoms with Gasteiger partial charge >= 0.3 is 10.4 Å². The first-order chi connectivity index (χ1) is 11.6. The molecule has 0 rings (SSSR count). The lowest BCUT2D eigenvalue weighted by Crippen LogP contribution is -2.11. The zero-order chi connectivity index (χ0) is 17.9. The van der Waals surface area contributed by atoms with Crippen LogP contribution in [0.4, 0.5) is 0 Å². The second kappa shape index (κ2) is 17.6. The normalized spacial score (nSPS) is 11.9. The summed E-state index contributed by atoms with van der Waals surface area (Å²) < 4.78 is 30.6. The van der Waals surface area contributed by atoms with Gasteiger partial charge in [-0.15, -0.1) is 0 Å². The molecule has 0 bridgehead atoms. The van der Waals surface area contributed by atoms with E-state index in [-0.39, 0.29) is 13.2 Å². The minimum Gasteiger partial charge on any atom is -0.247 e. The second-order valence-corrected chi connectivity index (χ2v) is 7.49. The van der Waals surface area contributed by atoms with E-state index < -0.39 is 10.4 Å². The van der Waals surface area contributed by atoms with Crippen molar-refractivity contribution in [1.82, 2.24) is 0 Å². The van der Waals surface area contributed by atoms with E-state index in [9.17, 15) is 8.42 Å². The van der Waals surface area contributed by atoms with Gasteiger partial charge in [-0.05, 0) is 13.3 Å². The van der Waals surface area contributed by atoms with Crippen LogP contribution in [0.15, 0.2) is 0 Å². The molecule has 0 aromatic heterocycles. The summed E-state index contributed by atoms with van der Waals surface area (Å²) in [6, 6.07) is 0. The van der Waals surface area contributed by atoms with Gasteiger partial charge in [-0.2, -0.15) is 8.42 Å². The molecule has 0 amide bonds. The Bertz CT molecular complexity index is 343. The molecule has 0 N–H and O–H groups in total. The van der Waals surface area contributed by atoms with Crippen LogP contribution in [-0.4, -0.2) is 21.6 Å². The van der Waals surface area contributed by atoms with Gasteiger partial charge < -0.3 is 0 Å². The smallest absolute Gasteiger partial charge is 0.247 e. The van der Waals surface area contributed by atoms with Crippen molar-refractivity contribution in [1.29, 1.82) is 0 Å². The van der Waals surface area contributed by atoms with Crippen molar-refractivity contribution in [2.75, 3.05) is 13.2 Å². The zero-order valence-electron chi connectivity index (χ0n) is 15.8. The minimum atomic E-state index is -3.97. The van der Waals surface area contributed by atoms with Gasteiger partial charge in [0.15, 0.2) is 0 Å². The topological polar surface area (TPSA) is 61.8 Å². The Morgan fingerprint density at radius 2 is 1.04 bits per heavy atom. The monoisotopic (exact) mass is 366 g/mol. The van der Waals surface area contributed by atoms with E-state index in [1.807, 2.05) is 0 Å². The van der Waals surface area contributed by atoms with E-state index in [2.05, 4.69) is 20.3 Å². The Labute approximate surface area is 149 Å². The highest BCUT2D eigenvalue weighted by Gasteiger charge is 2.11. The van der Waals surface area contributed by atoms with Crippen LogP contribution in [0.2, 0.25) is 0 Å². The Hall–Kier alpha value is -0.170. The summed E-state index contributed by atoms with van der Waals surface area (Å²) in [5.41, 5.74) is 0. The number of hydrogen-bond acceptors (Lipinski definition) is 5. The van der Waals surface area contributed by atoms with Gasteiger partial charge in [0.1, 0.15) is 0 Å². The van der Waals surface area contributed by atoms with Crippen molar-refractivity contribution in [3.63, 3.8) is 0 Å². The quantitative estimate of drug-likeness (QED) is 0.167. The highest BCUT2D eigenvalue weighted by Crippen LogP contribution is 2.13. The number of rotatable bonds is 19. The van der Waals surface area contributed by atoms with Crippen molar-refractivity contribution in [2.45, 2.75) is 104 Å². The first kappa shape index (κ1) is 23.8. The summed E-state index contributed by atoms with van der Waals surface area (Å²) in [5.74, 6) is 0. The van der Waals surface area contributed by atoms with Crippen LogP contribution < -0.4 is 0 Å². The maximum absolute atomic E-state index is 11.0. The predicted molar refractivity (Wildman–Crippen MR) is 97.9 cm³/mol. The fraction of sp³-hybridized carbons (Fsp3) is 1.00. The molecule has 146 valence electrons. The first-order valence-corrected chi connectivity index (χ1v) is 11.2. The molecule has 0 spiro atoms. The molecule has 5 nitrogen and oxygen atoms in total. The van der Waals surface area contributed by atoms with E-state index in [0.717, 1.165) is 12.8 Å². The van der Waals surface area contributed by atoms with Crippen LogP contribution in [0, 0.1) is 0 Å². The molecule has 0 atom stereocenters. The summed E-state index contributed by atoms with van der Waals surface area (Å²) in [7, 11) is -3.97. The summed E-state index contributed by atoms with van der Waals surface area (Å²) >= 11 is 0. The molecule has 0 aromatic rings. The molecule has 0 aliphatic rings. The van der Waals surface area contributed by atoms with Gasteiger partial charge in [-0.1, -0.05) is 94.7 Å². The molecule has 0 saturated heterocycles. The van der Waals surface area contributed by atoms with Gasteiger partial charge in [-0.3, -0.25) is 0 Å². The average Bonchev–Trinajstić information content (AvgIpc) is 2.54. The van der Waals surface area contributed by atoms with Crippen LogP contribution in [0.3, 0.4) is 0 Å². The van der Waals surface area contributed by atoms with E-state index in [1.165, 1.54) is 77.0 Å². The predicted octanol–water partition coefficient (Wildman–Crippen LogP) is 5.70. The van der Waals surface area contributed by atoms with Crippen LogP contribution in [0.1, 0.15) is 104 Å². The fourth-order valence-electron chi connectivity index (χ4n) is 2.61. The van der Waals surface area contributed by atoms with Gasteiger partial charge in [0, 0.05) is 0 Å². The molecule has 0 aliphatic carbocycles. The molecule has 0 heterocycles. The zero-order valence-corrected chi connectivity index (χ0v) is 16.6. The Morgan fingerprint density at radius 3 is 1.46 bits per heavy atom. The van der Waals surface area contributed by atoms with Gasteiger partial charge in [0.2, 0.25) is 0 Å². The summed E-state index contributed by atoms with van der Waals surface area (Å²) in [6.07, 6.45) is 18.0. The molecule has 0 saturated carbocycles. The van der Waals surface area contributed by atoms with Crippen LogP contribution in [-0.2, 0) is 23.8 Å². The molecule has 0 radical (unpaired) electrons. The third kappa shape index (κ3) is 18.2. The lowest BCUT2D eigenvalue weighted by atomic mass is 10.0. The summed E-state index contributed by atoms with van der Waals surface area (Å²) in [6.45, 7) is 4.16. The molecule has 24 heavy (non-hydrogen) atoms. The highest BCUT2D eigenvalue weighted by atomic mass is 32.3. The van der Waals surface area contributed by atoms with E-state index in [4.69, 9.17) is 0 Å². The second-order valence-electron chi connectivity index (χ2n) is 6.30. The molecule has 0 fully saturated rings.